The lowest BCUT2D eigenvalue weighted by Gasteiger charge is -2.15. The summed E-state index contributed by atoms with van der Waals surface area (Å²) >= 11 is 6.87. The van der Waals surface area contributed by atoms with Gasteiger partial charge in [0, 0.05) is 11.8 Å². The van der Waals surface area contributed by atoms with Gasteiger partial charge < -0.3 is 18.9 Å². The van der Waals surface area contributed by atoms with E-state index in [1.54, 1.807) is 50.2 Å². The van der Waals surface area contributed by atoms with Crippen LogP contribution in [0.1, 0.15) is 5.82 Å². The van der Waals surface area contributed by atoms with Gasteiger partial charge in [0.1, 0.15) is 17.3 Å². The van der Waals surface area contributed by atoms with Gasteiger partial charge in [-0.15, -0.1) is 0 Å². The molecular formula is C27H25N5O5S2. The normalized spacial score (nSPS) is 11.0. The number of H-pyrrole nitrogens is 1. The number of ether oxygens (including phenoxy) is 4. The lowest BCUT2D eigenvalue weighted by atomic mass is 10.2. The maximum Gasteiger partial charge on any atom is 0.266 e. The molecular weight excluding hydrogens is 538 g/mol. The first-order valence-corrected chi connectivity index (χ1v) is 13.1. The fourth-order valence-corrected chi connectivity index (χ4v) is 5.29. The number of benzene rings is 3. The second kappa shape index (κ2) is 11.2. The summed E-state index contributed by atoms with van der Waals surface area (Å²) in [6.07, 6.45) is 0. The number of nitrogens with one attached hydrogen (secondary N) is 1. The van der Waals surface area contributed by atoms with Crippen LogP contribution in [0.4, 0.5) is 0 Å². The SMILES string of the molecule is COc1ccc(-n2c(CSc3nc4cc(OC)c(OC)cc4c(=O)n3-c3ccc(OC)cc3)n[nH]c2=S)cc1. The number of fused-ring (bicyclic) bond motifs is 1. The molecule has 2 heterocycles. The third-order valence-electron chi connectivity index (χ3n) is 6.08. The highest BCUT2D eigenvalue weighted by molar-refractivity contribution is 7.98. The largest absolute Gasteiger partial charge is 0.497 e. The van der Waals surface area contributed by atoms with E-state index in [-0.39, 0.29) is 5.56 Å². The van der Waals surface area contributed by atoms with E-state index in [0.29, 0.717) is 55.3 Å². The molecule has 0 aliphatic heterocycles. The quantitative estimate of drug-likeness (QED) is 0.151. The number of nitrogens with zero attached hydrogens (tertiary/aromatic N) is 4. The average molecular weight is 564 g/mol. The van der Waals surface area contributed by atoms with Crippen molar-refractivity contribution < 1.29 is 18.9 Å². The molecule has 0 saturated carbocycles. The molecule has 0 atom stereocenters. The van der Waals surface area contributed by atoms with Crippen molar-refractivity contribution in [2.75, 3.05) is 28.4 Å². The summed E-state index contributed by atoms with van der Waals surface area (Å²) in [6, 6.07) is 18.1. The molecule has 2 aromatic heterocycles. The Bertz CT molecular complexity index is 1740. The first kappa shape index (κ1) is 26.3. The molecule has 0 aliphatic rings. The molecule has 12 heteroatoms. The van der Waals surface area contributed by atoms with Crippen molar-refractivity contribution in [2.45, 2.75) is 10.9 Å². The van der Waals surface area contributed by atoms with Gasteiger partial charge in [0.15, 0.2) is 21.4 Å². The second-order valence-corrected chi connectivity index (χ2v) is 9.55. The van der Waals surface area contributed by atoms with Crippen molar-refractivity contribution >= 4 is 34.9 Å². The minimum atomic E-state index is -0.248. The molecule has 1 N–H and O–H groups in total. The topological polar surface area (TPSA) is 105 Å². The average Bonchev–Trinajstić information content (AvgIpc) is 3.35. The first-order chi connectivity index (χ1) is 19.0. The second-order valence-electron chi connectivity index (χ2n) is 8.22. The highest BCUT2D eigenvalue weighted by atomic mass is 32.2. The minimum absolute atomic E-state index is 0.248. The Balaban J connectivity index is 1.61. The smallest absolute Gasteiger partial charge is 0.266 e. The summed E-state index contributed by atoms with van der Waals surface area (Å²) in [6.45, 7) is 0. The Labute approximate surface area is 233 Å². The molecule has 200 valence electrons. The van der Waals surface area contributed by atoms with Gasteiger partial charge in [0.05, 0.1) is 50.8 Å². The molecule has 5 aromatic rings. The van der Waals surface area contributed by atoms with Crippen molar-refractivity contribution in [2.24, 2.45) is 0 Å². The molecule has 3 aromatic carbocycles. The van der Waals surface area contributed by atoms with Crippen LogP contribution >= 0.6 is 24.0 Å². The highest BCUT2D eigenvalue weighted by Gasteiger charge is 2.18. The Hall–Kier alpha value is -4.29. The monoisotopic (exact) mass is 563 g/mol. The van der Waals surface area contributed by atoms with Gasteiger partial charge in [-0.25, -0.2) is 4.98 Å². The van der Waals surface area contributed by atoms with E-state index in [1.165, 1.54) is 18.9 Å². The summed E-state index contributed by atoms with van der Waals surface area (Å²) in [7, 11) is 6.28. The molecule has 0 bridgehead atoms. The van der Waals surface area contributed by atoms with E-state index in [4.69, 9.17) is 36.1 Å². The Morgan fingerprint density at radius 1 is 0.821 bits per heavy atom. The van der Waals surface area contributed by atoms with E-state index in [0.717, 1.165) is 11.4 Å². The van der Waals surface area contributed by atoms with Crippen LogP contribution in [0.2, 0.25) is 0 Å². The molecule has 0 fully saturated rings. The standard InChI is InChI=1S/C27H25N5O5S2/c1-34-18-9-5-16(6-10-18)31-24(29-30-26(31)38)15-39-27-28-21-14-23(37-4)22(36-3)13-20(21)25(33)32(27)17-7-11-19(35-2)12-8-17/h5-14H,15H2,1-4H3,(H,30,38). The molecule has 0 aliphatic carbocycles. The van der Waals surface area contributed by atoms with Crippen LogP contribution in [0.25, 0.3) is 22.3 Å². The van der Waals surface area contributed by atoms with Crippen molar-refractivity contribution in [1.29, 1.82) is 0 Å². The minimum Gasteiger partial charge on any atom is -0.497 e. The Morgan fingerprint density at radius 2 is 1.38 bits per heavy atom. The number of hydrogen-bond acceptors (Lipinski definition) is 9. The molecule has 5 rings (SSSR count). The number of aromatic amines is 1. The van der Waals surface area contributed by atoms with Crippen LogP contribution in [0, 0.1) is 4.77 Å². The van der Waals surface area contributed by atoms with Gasteiger partial charge in [0.25, 0.3) is 5.56 Å². The van der Waals surface area contributed by atoms with Gasteiger partial charge in [-0.05, 0) is 66.8 Å². The van der Waals surface area contributed by atoms with Gasteiger partial charge in [0.2, 0.25) is 0 Å². The van der Waals surface area contributed by atoms with Crippen LogP contribution in [0.3, 0.4) is 0 Å². The molecule has 0 saturated heterocycles. The number of thioether (sulfide) groups is 1. The van der Waals surface area contributed by atoms with E-state index >= 15 is 0 Å². The highest BCUT2D eigenvalue weighted by Crippen LogP contribution is 2.32. The number of hydrogen-bond donors (Lipinski definition) is 1. The molecule has 0 amide bonds. The van der Waals surface area contributed by atoms with Crippen LogP contribution in [0.15, 0.2) is 70.6 Å². The van der Waals surface area contributed by atoms with E-state index in [2.05, 4.69) is 10.2 Å². The van der Waals surface area contributed by atoms with Gasteiger partial charge >= 0.3 is 0 Å². The summed E-state index contributed by atoms with van der Waals surface area (Å²) in [4.78, 5) is 18.7. The van der Waals surface area contributed by atoms with Crippen LogP contribution in [-0.2, 0) is 5.75 Å². The van der Waals surface area contributed by atoms with E-state index in [9.17, 15) is 4.79 Å². The zero-order valence-corrected chi connectivity index (χ0v) is 23.3. The summed E-state index contributed by atoms with van der Waals surface area (Å²) in [5.74, 6) is 3.38. The summed E-state index contributed by atoms with van der Waals surface area (Å²) < 4.78 is 25.3. The van der Waals surface area contributed by atoms with Gasteiger partial charge in [-0.2, -0.15) is 5.10 Å². The van der Waals surface area contributed by atoms with E-state index < -0.39 is 0 Å². The lowest BCUT2D eigenvalue weighted by Crippen LogP contribution is -2.22. The third-order valence-corrected chi connectivity index (χ3v) is 7.28. The van der Waals surface area contributed by atoms with Gasteiger partial charge in [-0.3, -0.25) is 19.0 Å². The van der Waals surface area contributed by atoms with Crippen molar-refractivity contribution in [3.63, 3.8) is 0 Å². The maximum atomic E-state index is 13.9. The van der Waals surface area contributed by atoms with Gasteiger partial charge in [-0.1, -0.05) is 11.8 Å². The van der Waals surface area contributed by atoms with Crippen LogP contribution in [-0.4, -0.2) is 52.8 Å². The molecule has 10 nitrogen and oxygen atoms in total. The zero-order valence-electron chi connectivity index (χ0n) is 21.6. The maximum absolute atomic E-state index is 13.9. The van der Waals surface area contributed by atoms with Crippen LogP contribution < -0.4 is 24.5 Å². The Morgan fingerprint density at radius 3 is 1.95 bits per heavy atom. The van der Waals surface area contributed by atoms with Crippen molar-refractivity contribution in [3.05, 3.63) is 81.6 Å². The van der Waals surface area contributed by atoms with Crippen molar-refractivity contribution in [3.8, 4) is 34.4 Å². The number of methoxy groups -OCH3 is 4. The fraction of sp³-hybridized carbons (Fsp3) is 0.185. The lowest BCUT2D eigenvalue weighted by molar-refractivity contribution is 0.355. The number of rotatable bonds is 9. The van der Waals surface area contributed by atoms with Crippen molar-refractivity contribution in [1.82, 2.24) is 24.3 Å². The molecule has 0 unspecified atom stereocenters. The molecule has 39 heavy (non-hydrogen) atoms. The van der Waals surface area contributed by atoms with Crippen LogP contribution in [0.5, 0.6) is 23.0 Å². The summed E-state index contributed by atoms with van der Waals surface area (Å²) in [5, 5.41) is 8.17. The Kier molecular flexibility index (Phi) is 7.57. The molecule has 0 spiro atoms. The number of aromatic nitrogens is 5. The zero-order chi connectivity index (χ0) is 27.5. The molecule has 0 radical (unpaired) electrons. The predicted molar refractivity (Wildman–Crippen MR) is 152 cm³/mol. The summed E-state index contributed by atoms with van der Waals surface area (Å²) in [5.41, 5.74) is 1.71. The fourth-order valence-electron chi connectivity index (χ4n) is 4.10. The third kappa shape index (κ3) is 5.08. The van der Waals surface area contributed by atoms with E-state index in [1.807, 2.05) is 41.0 Å². The predicted octanol–water partition coefficient (Wildman–Crippen LogP) is 4.96. The first-order valence-electron chi connectivity index (χ1n) is 11.7.